The van der Waals surface area contributed by atoms with Crippen LogP contribution in [0.1, 0.15) is 6.92 Å². The lowest BCUT2D eigenvalue weighted by Crippen LogP contribution is -2.16. The minimum absolute atomic E-state index is 0.0692. The molecule has 0 bridgehead atoms. The second kappa shape index (κ2) is 37.0. The van der Waals surface area contributed by atoms with E-state index in [1.807, 2.05) is 6.92 Å². The predicted octanol–water partition coefficient (Wildman–Crippen LogP) is 0.379. The van der Waals surface area contributed by atoms with Crippen LogP contribution in [0.5, 0.6) is 0 Å². The summed E-state index contributed by atoms with van der Waals surface area (Å²) in [5.74, 6) is -0.407. The molecule has 14 nitrogen and oxygen atoms in total. The van der Waals surface area contributed by atoms with Gasteiger partial charge in [-0.3, -0.25) is 0 Å². The van der Waals surface area contributed by atoms with Crippen LogP contribution in [-0.2, 0) is 66.4 Å². The molecular formula is C27H54O14. The van der Waals surface area contributed by atoms with Crippen LogP contribution in [0.15, 0.2) is 0 Å². The average Bonchev–Trinajstić information content (AvgIpc) is 2.99. The Kier molecular flexibility index (Phi) is 36.1. The molecule has 0 aromatic heterocycles. The molecule has 14 heteroatoms. The molecule has 0 N–H and O–H groups in total. The topological polar surface area (TPSA) is 137 Å². The van der Waals surface area contributed by atoms with Gasteiger partial charge in [-0.05, 0) is 6.92 Å². The molecule has 0 aliphatic carbocycles. The SMILES string of the molecule is CCOCCOCCOCCOCCOCCOCCOCCOCCOCCOCCOCCOCC(=O)OC. The lowest BCUT2D eigenvalue weighted by molar-refractivity contribution is -0.146. The summed E-state index contributed by atoms with van der Waals surface area (Å²) in [4.78, 5) is 10.8. The van der Waals surface area contributed by atoms with Crippen LogP contribution >= 0.6 is 0 Å². The highest BCUT2D eigenvalue weighted by molar-refractivity contribution is 5.70. The Bertz CT molecular complexity index is 501. The van der Waals surface area contributed by atoms with Crippen molar-refractivity contribution in [1.29, 1.82) is 0 Å². The third-order valence-electron chi connectivity index (χ3n) is 4.74. The van der Waals surface area contributed by atoms with Gasteiger partial charge in [0.2, 0.25) is 0 Å². The molecule has 0 unspecified atom stereocenters. The molecule has 0 saturated heterocycles. The van der Waals surface area contributed by atoms with Crippen molar-refractivity contribution in [1.82, 2.24) is 0 Å². The summed E-state index contributed by atoms with van der Waals surface area (Å²) in [5.41, 5.74) is 0. The molecule has 0 heterocycles. The fraction of sp³-hybridized carbons (Fsp3) is 0.963. The molecule has 0 saturated carbocycles. The second-order valence-corrected chi connectivity index (χ2v) is 7.95. The Labute approximate surface area is 245 Å². The van der Waals surface area contributed by atoms with Gasteiger partial charge in [0.1, 0.15) is 6.61 Å². The Hall–Kier alpha value is -1.01. The van der Waals surface area contributed by atoms with Crippen molar-refractivity contribution in [3.8, 4) is 0 Å². The van der Waals surface area contributed by atoms with Gasteiger partial charge < -0.3 is 61.6 Å². The Morgan fingerprint density at radius 2 is 0.537 bits per heavy atom. The smallest absolute Gasteiger partial charge is 0.331 e. The maximum absolute atomic E-state index is 10.8. The summed E-state index contributed by atoms with van der Waals surface area (Å²) in [6.45, 7) is 13.6. The summed E-state index contributed by atoms with van der Waals surface area (Å²) >= 11 is 0. The first kappa shape index (κ1) is 40.0. The van der Waals surface area contributed by atoms with E-state index in [-0.39, 0.29) is 6.61 Å². The van der Waals surface area contributed by atoms with Crippen molar-refractivity contribution < 1.29 is 66.4 Å². The van der Waals surface area contributed by atoms with Crippen molar-refractivity contribution in [3.05, 3.63) is 0 Å². The maximum Gasteiger partial charge on any atom is 0.331 e. The van der Waals surface area contributed by atoms with E-state index in [0.717, 1.165) is 0 Å². The van der Waals surface area contributed by atoms with E-state index in [1.54, 1.807) is 0 Å². The molecule has 0 aliphatic heterocycles. The largest absolute Gasteiger partial charge is 0.467 e. The van der Waals surface area contributed by atoms with Gasteiger partial charge >= 0.3 is 5.97 Å². The summed E-state index contributed by atoms with van der Waals surface area (Å²) in [6, 6.07) is 0. The number of hydrogen-bond donors (Lipinski definition) is 0. The molecule has 0 aromatic rings. The third kappa shape index (κ3) is 37.0. The van der Waals surface area contributed by atoms with Crippen molar-refractivity contribution in [3.63, 3.8) is 0 Å². The predicted molar refractivity (Wildman–Crippen MR) is 148 cm³/mol. The fourth-order valence-electron chi connectivity index (χ4n) is 2.68. The molecule has 0 fully saturated rings. The van der Waals surface area contributed by atoms with Crippen molar-refractivity contribution in [2.75, 3.05) is 166 Å². The zero-order valence-corrected chi connectivity index (χ0v) is 25.2. The van der Waals surface area contributed by atoms with Gasteiger partial charge in [0.15, 0.2) is 0 Å². The van der Waals surface area contributed by atoms with Gasteiger partial charge in [-0.15, -0.1) is 0 Å². The normalized spacial score (nSPS) is 11.4. The Balaban J connectivity index is 3.04. The zero-order chi connectivity index (χ0) is 29.7. The molecule has 0 rings (SSSR count). The van der Waals surface area contributed by atoms with E-state index in [0.29, 0.717) is 152 Å². The van der Waals surface area contributed by atoms with E-state index >= 15 is 0 Å². The number of esters is 1. The van der Waals surface area contributed by atoms with Crippen LogP contribution in [0, 0.1) is 0 Å². The van der Waals surface area contributed by atoms with Crippen molar-refractivity contribution in [2.24, 2.45) is 0 Å². The first-order valence-corrected chi connectivity index (χ1v) is 14.3. The number of rotatable bonds is 36. The number of hydrogen-bond acceptors (Lipinski definition) is 14. The highest BCUT2D eigenvalue weighted by Crippen LogP contribution is 1.87. The minimum atomic E-state index is -0.407. The molecule has 0 spiro atoms. The first-order valence-electron chi connectivity index (χ1n) is 14.3. The molecule has 0 amide bonds. The highest BCUT2D eigenvalue weighted by atomic mass is 16.6. The summed E-state index contributed by atoms with van der Waals surface area (Å²) in [6.07, 6.45) is 0. The third-order valence-corrected chi connectivity index (χ3v) is 4.74. The number of ether oxygens (including phenoxy) is 13. The van der Waals surface area contributed by atoms with Crippen molar-refractivity contribution >= 4 is 5.97 Å². The Morgan fingerprint density at radius 1 is 0.341 bits per heavy atom. The van der Waals surface area contributed by atoms with Crippen LogP contribution in [0.2, 0.25) is 0 Å². The van der Waals surface area contributed by atoms with Gasteiger partial charge in [0.05, 0.1) is 152 Å². The van der Waals surface area contributed by atoms with Crippen LogP contribution in [0.4, 0.5) is 0 Å². The van der Waals surface area contributed by atoms with E-state index in [1.165, 1.54) is 7.11 Å². The zero-order valence-electron chi connectivity index (χ0n) is 25.2. The van der Waals surface area contributed by atoms with Crippen LogP contribution in [0.3, 0.4) is 0 Å². The lowest BCUT2D eigenvalue weighted by atomic mass is 10.6. The second-order valence-electron chi connectivity index (χ2n) is 7.95. The van der Waals surface area contributed by atoms with E-state index in [9.17, 15) is 4.79 Å². The van der Waals surface area contributed by atoms with Crippen LogP contribution in [-0.4, -0.2) is 172 Å². The van der Waals surface area contributed by atoms with Gasteiger partial charge in [-0.25, -0.2) is 4.79 Å². The highest BCUT2D eigenvalue weighted by Gasteiger charge is 1.99. The van der Waals surface area contributed by atoms with E-state index in [2.05, 4.69) is 4.74 Å². The van der Waals surface area contributed by atoms with Gasteiger partial charge in [0.25, 0.3) is 0 Å². The van der Waals surface area contributed by atoms with E-state index in [4.69, 9.17) is 56.8 Å². The number of carbonyl (C=O) groups is 1. The molecule has 246 valence electrons. The van der Waals surface area contributed by atoms with Crippen LogP contribution < -0.4 is 0 Å². The summed E-state index contributed by atoms with van der Waals surface area (Å²) in [7, 11) is 1.31. The fourth-order valence-corrected chi connectivity index (χ4v) is 2.68. The Morgan fingerprint density at radius 3 is 0.732 bits per heavy atom. The molecule has 0 atom stereocenters. The molecule has 0 aromatic carbocycles. The van der Waals surface area contributed by atoms with E-state index < -0.39 is 5.97 Å². The standard InChI is InChI=1S/C27H54O14/c1-3-30-4-5-31-6-7-32-8-9-33-10-11-34-12-13-35-14-15-36-16-17-37-18-19-38-20-21-39-22-23-40-24-25-41-26-27(28)29-2/h3-26H2,1-2H3. The molecule has 0 radical (unpaired) electrons. The van der Waals surface area contributed by atoms with Crippen molar-refractivity contribution in [2.45, 2.75) is 6.92 Å². The maximum atomic E-state index is 10.8. The van der Waals surface area contributed by atoms with Gasteiger partial charge in [-0.1, -0.05) is 0 Å². The number of carbonyl (C=O) groups excluding carboxylic acids is 1. The van der Waals surface area contributed by atoms with Crippen LogP contribution in [0.25, 0.3) is 0 Å². The number of methoxy groups -OCH3 is 1. The quantitative estimate of drug-likeness (QED) is 0.0721. The summed E-state index contributed by atoms with van der Waals surface area (Å²) < 4.78 is 68.8. The minimum Gasteiger partial charge on any atom is -0.467 e. The molecule has 41 heavy (non-hydrogen) atoms. The summed E-state index contributed by atoms with van der Waals surface area (Å²) in [5, 5.41) is 0. The molecule has 0 aliphatic rings. The lowest BCUT2D eigenvalue weighted by Gasteiger charge is -2.09. The monoisotopic (exact) mass is 602 g/mol. The average molecular weight is 603 g/mol. The molecular weight excluding hydrogens is 548 g/mol. The van der Waals surface area contributed by atoms with Gasteiger partial charge in [0, 0.05) is 6.61 Å². The first-order chi connectivity index (χ1) is 20.3. The van der Waals surface area contributed by atoms with Gasteiger partial charge in [-0.2, -0.15) is 0 Å².